The summed E-state index contributed by atoms with van der Waals surface area (Å²) in [4.78, 5) is 6.70. The van der Waals surface area contributed by atoms with Crippen LogP contribution in [0, 0.1) is 0 Å². The molecule has 1 aromatic carbocycles. The number of likely N-dealkylation sites (N-methyl/N-ethyl adjacent to an activating group) is 1. The van der Waals surface area contributed by atoms with Crippen molar-refractivity contribution in [2.24, 2.45) is 0 Å². The second kappa shape index (κ2) is 6.33. The Hall–Kier alpha value is -1.88. The van der Waals surface area contributed by atoms with Crippen molar-refractivity contribution < 1.29 is 0 Å². The van der Waals surface area contributed by atoms with E-state index in [-0.39, 0.29) is 0 Å². The van der Waals surface area contributed by atoms with Gasteiger partial charge in [-0.25, -0.2) is 4.98 Å². The smallest absolute Gasteiger partial charge is 0.181 e. The van der Waals surface area contributed by atoms with E-state index in [0.29, 0.717) is 0 Å². The van der Waals surface area contributed by atoms with Gasteiger partial charge in [-0.3, -0.25) is 4.68 Å². The maximum atomic E-state index is 5.67. The Labute approximate surface area is 114 Å². The van der Waals surface area contributed by atoms with Gasteiger partial charge in [0.25, 0.3) is 0 Å². The lowest BCUT2D eigenvalue weighted by atomic mass is 10.2. The summed E-state index contributed by atoms with van der Waals surface area (Å²) in [6.45, 7) is 8.34. The molecule has 0 fully saturated rings. The van der Waals surface area contributed by atoms with Crippen molar-refractivity contribution in [3.8, 4) is 11.4 Å². The average molecular weight is 259 g/mol. The number of rotatable bonds is 6. The van der Waals surface area contributed by atoms with Crippen LogP contribution in [0.15, 0.2) is 30.6 Å². The molecular weight excluding hydrogens is 238 g/mol. The second-order valence-corrected chi connectivity index (χ2v) is 4.48. The minimum absolute atomic E-state index is 0.750. The quantitative estimate of drug-likeness (QED) is 0.805. The predicted molar refractivity (Wildman–Crippen MR) is 77.7 cm³/mol. The lowest BCUT2D eigenvalue weighted by molar-refractivity contribution is 0.285. The number of hydrogen-bond donors (Lipinski definition) is 1. The van der Waals surface area contributed by atoms with Crippen LogP contribution < -0.4 is 5.73 Å². The number of nitrogens with two attached hydrogens (primary N) is 1. The summed E-state index contributed by atoms with van der Waals surface area (Å²) in [6, 6.07) is 7.62. The van der Waals surface area contributed by atoms with Crippen LogP contribution >= 0.6 is 0 Å². The minimum Gasteiger partial charge on any atom is -0.399 e. The lowest BCUT2D eigenvalue weighted by Crippen LogP contribution is -2.27. The van der Waals surface area contributed by atoms with Gasteiger partial charge in [-0.15, -0.1) is 0 Å². The van der Waals surface area contributed by atoms with Crippen molar-refractivity contribution >= 4 is 5.69 Å². The van der Waals surface area contributed by atoms with Crippen LogP contribution in [0.3, 0.4) is 0 Å². The summed E-state index contributed by atoms with van der Waals surface area (Å²) in [7, 11) is 0. The second-order valence-electron chi connectivity index (χ2n) is 4.48. The molecule has 1 heterocycles. The van der Waals surface area contributed by atoms with Crippen LogP contribution in [-0.4, -0.2) is 39.3 Å². The molecule has 5 heteroatoms. The van der Waals surface area contributed by atoms with Crippen LogP contribution in [0.2, 0.25) is 0 Å². The van der Waals surface area contributed by atoms with Gasteiger partial charge in [0.05, 0.1) is 6.54 Å². The minimum atomic E-state index is 0.750. The summed E-state index contributed by atoms with van der Waals surface area (Å²) in [6.07, 6.45) is 1.79. The molecule has 2 aromatic rings. The Bertz CT molecular complexity index is 499. The van der Waals surface area contributed by atoms with Crippen molar-refractivity contribution in [3.63, 3.8) is 0 Å². The first-order valence-corrected chi connectivity index (χ1v) is 6.70. The Morgan fingerprint density at radius 1 is 1.16 bits per heavy atom. The predicted octanol–water partition coefficient (Wildman–Crippen LogP) is 1.87. The molecule has 5 nitrogen and oxygen atoms in total. The number of anilines is 1. The van der Waals surface area contributed by atoms with E-state index < -0.39 is 0 Å². The largest absolute Gasteiger partial charge is 0.399 e. The Morgan fingerprint density at radius 3 is 2.47 bits per heavy atom. The van der Waals surface area contributed by atoms with Crippen molar-refractivity contribution in [1.82, 2.24) is 19.7 Å². The summed E-state index contributed by atoms with van der Waals surface area (Å²) in [5.41, 5.74) is 7.42. The molecule has 0 aliphatic carbocycles. The van der Waals surface area contributed by atoms with E-state index in [4.69, 9.17) is 5.73 Å². The maximum Gasteiger partial charge on any atom is 0.181 e. The number of nitrogens with zero attached hydrogens (tertiary/aromatic N) is 4. The van der Waals surface area contributed by atoms with E-state index >= 15 is 0 Å². The van der Waals surface area contributed by atoms with E-state index in [2.05, 4.69) is 28.8 Å². The van der Waals surface area contributed by atoms with Crippen LogP contribution in [0.4, 0.5) is 5.69 Å². The monoisotopic (exact) mass is 259 g/mol. The maximum absolute atomic E-state index is 5.67. The highest BCUT2D eigenvalue weighted by Gasteiger charge is 2.05. The first-order chi connectivity index (χ1) is 9.22. The van der Waals surface area contributed by atoms with Crippen LogP contribution in [-0.2, 0) is 6.54 Å². The molecule has 0 radical (unpaired) electrons. The standard InChI is InChI=1S/C14H21N5/c1-3-18(4-2)9-10-19-11-16-14(17-19)12-5-7-13(15)8-6-12/h5-8,11H,3-4,9-10,15H2,1-2H3. The molecule has 102 valence electrons. The molecule has 0 saturated carbocycles. The van der Waals surface area contributed by atoms with Gasteiger partial charge in [-0.05, 0) is 37.4 Å². The van der Waals surface area contributed by atoms with Gasteiger partial charge < -0.3 is 10.6 Å². The van der Waals surface area contributed by atoms with Gasteiger partial charge >= 0.3 is 0 Å². The molecule has 0 atom stereocenters. The number of aromatic nitrogens is 3. The Balaban J connectivity index is 2.01. The number of benzene rings is 1. The third-order valence-electron chi connectivity index (χ3n) is 3.25. The summed E-state index contributed by atoms with van der Waals surface area (Å²) < 4.78 is 1.89. The fraction of sp³-hybridized carbons (Fsp3) is 0.429. The van der Waals surface area contributed by atoms with E-state index in [9.17, 15) is 0 Å². The molecule has 2 N–H and O–H groups in total. The SMILES string of the molecule is CCN(CC)CCn1cnc(-c2ccc(N)cc2)n1. The van der Waals surface area contributed by atoms with E-state index in [1.807, 2.05) is 28.9 Å². The number of nitrogen functional groups attached to an aromatic ring is 1. The van der Waals surface area contributed by atoms with E-state index in [1.165, 1.54) is 0 Å². The first kappa shape index (κ1) is 13.5. The van der Waals surface area contributed by atoms with Gasteiger partial charge in [-0.2, -0.15) is 5.10 Å². The summed E-state index contributed by atoms with van der Waals surface area (Å²) >= 11 is 0. The fourth-order valence-electron chi connectivity index (χ4n) is 1.95. The molecule has 0 saturated heterocycles. The normalized spacial score (nSPS) is 11.1. The molecule has 0 aliphatic heterocycles. The molecule has 19 heavy (non-hydrogen) atoms. The van der Waals surface area contributed by atoms with E-state index in [0.717, 1.165) is 43.3 Å². The first-order valence-electron chi connectivity index (χ1n) is 6.70. The van der Waals surface area contributed by atoms with Gasteiger partial charge in [0, 0.05) is 17.8 Å². The van der Waals surface area contributed by atoms with Gasteiger partial charge in [0.15, 0.2) is 5.82 Å². The van der Waals surface area contributed by atoms with Crippen molar-refractivity contribution in [2.75, 3.05) is 25.4 Å². The van der Waals surface area contributed by atoms with Gasteiger partial charge in [0.1, 0.15) is 6.33 Å². The van der Waals surface area contributed by atoms with Crippen molar-refractivity contribution in [1.29, 1.82) is 0 Å². The molecule has 1 aromatic heterocycles. The molecule has 2 rings (SSSR count). The zero-order chi connectivity index (χ0) is 13.7. The molecular formula is C14H21N5. The highest BCUT2D eigenvalue weighted by atomic mass is 15.3. The third-order valence-corrected chi connectivity index (χ3v) is 3.25. The molecule has 0 bridgehead atoms. The van der Waals surface area contributed by atoms with Gasteiger partial charge in [0.2, 0.25) is 0 Å². The molecule has 0 amide bonds. The topological polar surface area (TPSA) is 60.0 Å². The number of hydrogen-bond acceptors (Lipinski definition) is 4. The highest BCUT2D eigenvalue weighted by Crippen LogP contribution is 2.15. The highest BCUT2D eigenvalue weighted by molar-refractivity contribution is 5.57. The third kappa shape index (κ3) is 3.54. The molecule has 0 unspecified atom stereocenters. The Morgan fingerprint density at radius 2 is 1.84 bits per heavy atom. The summed E-state index contributed by atoms with van der Waals surface area (Å²) in [5.74, 6) is 0.750. The fourth-order valence-corrected chi connectivity index (χ4v) is 1.95. The summed E-state index contributed by atoms with van der Waals surface area (Å²) in [5, 5.41) is 4.49. The van der Waals surface area contributed by atoms with Crippen molar-refractivity contribution in [3.05, 3.63) is 30.6 Å². The molecule has 0 aliphatic rings. The molecule has 0 spiro atoms. The lowest BCUT2D eigenvalue weighted by Gasteiger charge is -2.17. The Kier molecular flexibility index (Phi) is 4.52. The van der Waals surface area contributed by atoms with Crippen LogP contribution in [0.5, 0.6) is 0 Å². The van der Waals surface area contributed by atoms with Crippen LogP contribution in [0.1, 0.15) is 13.8 Å². The zero-order valence-electron chi connectivity index (χ0n) is 11.6. The van der Waals surface area contributed by atoms with Crippen LogP contribution in [0.25, 0.3) is 11.4 Å². The zero-order valence-corrected chi connectivity index (χ0v) is 11.6. The van der Waals surface area contributed by atoms with Gasteiger partial charge in [-0.1, -0.05) is 13.8 Å². The van der Waals surface area contributed by atoms with E-state index in [1.54, 1.807) is 6.33 Å². The van der Waals surface area contributed by atoms with Crippen molar-refractivity contribution in [2.45, 2.75) is 20.4 Å². The average Bonchev–Trinajstić information content (AvgIpc) is 2.89.